The lowest BCUT2D eigenvalue weighted by atomic mass is 9.99. The zero-order chi connectivity index (χ0) is 30.2. The maximum Gasteiger partial charge on any atom is 0.322 e. The summed E-state index contributed by atoms with van der Waals surface area (Å²) in [6.45, 7) is 3.40. The zero-order valence-electron chi connectivity index (χ0n) is 24.7. The van der Waals surface area contributed by atoms with Crippen molar-refractivity contribution in [2.24, 2.45) is 0 Å². The predicted molar refractivity (Wildman–Crippen MR) is 165 cm³/mol. The number of methoxy groups -OCH3 is 3. The molecule has 1 saturated heterocycles. The topological polar surface area (TPSA) is 118 Å². The van der Waals surface area contributed by atoms with Gasteiger partial charge < -0.3 is 39.0 Å². The van der Waals surface area contributed by atoms with Gasteiger partial charge >= 0.3 is 6.03 Å². The van der Waals surface area contributed by atoms with E-state index in [0.717, 1.165) is 39.0 Å². The van der Waals surface area contributed by atoms with Crippen molar-refractivity contribution in [3.05, 3.63) is 66.5 Å². The summed E-state index contributed by atoms with van der Waals surface area (Å²) >= 11 is 0. The molecule has 11 nitrogen and oxygen atoms in total. The van der Waals surface area contributed by atoms with Crippen molar-refractivity contribution in [1.82, 2.24) is 19.8 Å². The maximum absolute atomic E-state index is 14.0. The maximum atomic E-state index is 14.0. The van der Waals surface area contributed by atoms with E-state index in [-0.39, 0.29) is 11.9 Å². The van der Waals surface area contributed by atoms with Crippen LogP contribution in [0.5, 0.6) is 5.75 Å². The summed E-state index contributed by atoms with van der Waals surface area (Å²) < 4.78 is 21.5. The van der Waals surface area contributed by atoms with Gasteiger partial charge in [-0.15, -0.1) is 0 Å². The molecule has 0 radical (unpaired) electrons. The van der Waals surface area contributed by atoms with Crippen LogP contribution in [0, 0.1) is 0 Å². The summed E-state index contributed by atoms with van der Waals surface area (Å²) in [5, 5.41) is 3.88. The number of fused-ring (bicyclic) bond motifs is 1. The number of benzene rings is 2. The molecule has 3 amide bonds. The van der Waals surface area contributed by atoms with E-state index in [1.54, 1.807) is 43.4 Å². The highest BCUT2D eigenvalue weighted by molar-refractivity contribution is 6.05. The van der Waals surface area contributed by atoms with Crippen LogP contribution in [0.15, 0.2) is 60.9 Å². The van der Waals surface area contributed by atoms with E-state index in [1.165, 1.54) is 0 Å². The number of anilines is 1. The minimum atomic E-state index is -0.276. The number of carbonyl (C=O) groups is 2. The molecule has 2 N–H and O–H groups in total. The molecule has 0 saturated carbocycles. The Kier molecular flexibility index (Phi) is 9.88. The molecule has 226 valence electrons. The van der Waals surface area contributed by atoms with Crippen molar-refractivity contribution in [2.45, 2.75) is 0 Å². The zero-order valence-corrected chi connectivity index (χ0v) is 24.7. The van der Waals surface area contributed by atoms with Gasteiger partial charge in [-0.25, -0.2) is 9.78 Å². The lowest BCUT2D eigenvalue weighted by Gasteiger charge is -2.28. The molecule has 2 aromatic carbocycles. The third kappa shape index (κ3) is 6.80. The highest BCUT2D eigenvalue weighted by Crippen LogP contribution is 2.36. The number of morpholine rings is 1. The Bertz CT molecular complexity index is 1560. The van der Waals surface area contributed by atoms with E-state index < -0.39 is 0 Å². The normalized spacial score (nSPS) is 13.2. The molecule has 1 aliphatic rings. The molecule has 2 aromatic heterocycles. The number of aromatic amines is 1. The first-order valence-electron chi connectivity index (χ1n) is 14.2. The fourth-order valence-corrected chi connectivity index (χ4v) is 5.11. The molecule has 5 rings (SSSR count). The Morgan fingerprint density at radius 3 is 2.44 bits per heavy atom. The third-order valence-electron chi connectivity index (χ3n) is 7.47. The van der Waals surface area contributed by atoms with Crippen molar-refractivity contribution in [3.8, 4) is 28.0 Å². The van der Waals surface area contributed by atoms with Crippen molar-refractivity contribution >= 4 is 28.7 Å². The summed E-state index contributed by atoms with van der Waals surface area (Å²) in [5.41, 5.74) is 5.04. The second-order valence-electron chi connectivity index (χ2n) is 10.1. The minimum Gasteiger partial charge on any atom is -0.496 e. The smallest absolute Gasteiger partial charge is 0.322 e. The van der Waals surface area contributed by atoms with Gasteiger partial charge in [0.1, 0.15) is 11.4 Å². The summed E-state index contributed by atoms with van der Waals surface area (Å²) in [5.74, 6) is 0.521. The van der Waals surface area contributed by atoms with E-state index in [0.29, 0.717) is 63.9 Å². The van der Waals surface area contributed by atoms with Crippen molar-refractivity contribution in [3.63, 3.8) is 0 Å². The highest BCUT2D eigenvalue weighted by Gasteiger charge is 2.24. The number of rotatable bonds is 11. The Balaban J connectivity index is 1.54. The second-order valence-corrected chi connectivity index (χ2v) is 10.1. The monoisotopic (exact) mass is 587 g/mol. The Labute approximate surface area is 250 Å². The fourth-order valence-electron chi connectivity index (χ4n) is 5.11. The SMILES string of the molecule is COCCN(CCOC)C(=O)c1cc(-c2cnc3[nH]cc(-c4ccccc4OC)c3c2)ccc1NC(=O)N1CCOCC1. The quantitative estimate of drug-likeness (QED) is 0.265. The third-order valence-corrected chi connectivity index (χ3v) is 7.47. The summed E-state index contributed by atoms with van der Waals surface area (Å²) in [4.78, 5) is 38.4. The summed E-state index contributed by atoms with van der Waals surface area (Å²) in [7, 11) is 4.84. The van der Waals surface area contributed by atoms with Crippen LogP contribution in [0.25, 0.3) is 33.3 Å². The van der Waals surface area contributed by atoms with Crippen molar-refractivity contribution in [1.29, 1.82) is 0 Å². The van der Waals surface area contributed by atoms with Crippen LogP contribution in [0.4, 0.5) is 10.5 Å². The molecule has 0 atom stereocenters. The molecule has 0 unspecified atom stereocenters. The first kappa shape index (κ1) is 30.0. The molecule has 0 aliphatic carbocycles. The standard InChI is InChI=1S/C32H37N5O6/c1-40-14-10-36(11-15-41-2)31(38)26-18-22(8-9-28(26)35-32(39)37-12-16-43-17-13-37)23-19-25-27(21-34-30(25)33-20-23)24-6-4-5-7-29(24)42-3/h4-9,18-21H,10-17H2,1-3H3,(H,33,34)(H,35,39). The van der Waals surface area contributed by atoms with Gasteiger partial charge in [-0.1, -0.05) is 24.3 Å². The Morgan fingerprint density at radius 2 is 1.72 bits per heavy atom. The molecule has 0 bridgehead atoms. The number of H-pyrrole nitrogens is 1. The van der Waals surface area contributed by atoms with Gasteiger partial charge in [0.25, 0.3) is 5.91 Å². The predicted octanol–water partition coefficient (Wildman–Crippen LogP) is 4.50. The largest absolute Gasteiger partial charge is 0.496 e. The van der Waals surface area contributed by atoms with Gasteiger partial charge in [-0.05, 0) is 29.8 Å². The van der Waals surface area contributed by atoms with E-state index >= 15 is 0 Å². The average Bonchev–Trinajstić information content (AvgIpc) is 3.48. The molecular weight excluding hydrogens is 550 g/mol. The van der Waals surface area contributed by atoms with Crippen LogP contribution in [0.3, 0.4) is 0 Å². The summed E-state index contributed by atoms with van der Waals surface area (Å²) in [6, 6.07) is 15.1. The van der Waals surface area contributed by atoms with E-state index in [9.17, 15) is 9.59 Å². The second kappa shape index (κ2) is 14.1. The molecule has 0 spiro atoms. The van der Waals surface area contributed by atoms with E-state index in [4.69, 9.17) is 18.9 Å². The highest BCUT2D eigenvalue weighted by atomic mass is 16.5. The minimum absolute atomic E-state index is 0.237. The molecule has 11 heteroatoms. The molecule has 3 heterocycles. The van der Waals surface area contributed by atoms with Gasteiger partial charge in [0.2, 0.25) is 0 Å². The van der Waals surface area contributed by atoms with Gasteiger partial charge in [0.05, 0.1) is 44.8 Å². The molecular formula is C32H37N5O6. The number of nitrogens with zero attached hydrogens (tertiary/aromatic N) is 3. The van der Waals surface area contributed by atoms with Crippen LogP contribution in [0.2, 0.25) is 0 Å². The van der Waals surface area contributed by atoms with E-state index in [2.05, 4.69) is 15.3 Å². The van der Waals surface area contributed by atoms with Crippen molar-refractivity contribution in [2.75, 3.05) is 79.3 Å². The summed E-state index contributed by atoms with van der Waals surface area (Å²) in [6.07, 6.45) is 3.69. The van der Waals surface area contributed by atoms with Gasteiger partial charge in [-0.3, -0.25) is 4.79 Å². The first-order valence-corrected chi connectivity index (χ1v) is 14.2. The number of aromatic nitrogens is 2. The molecule has 4 aromatic rings. The van der Waals surface area contributed by atoms with E-state index in [1.807, 2.05) is 48.7 Å². The number of carbonyl (C=O) groups excluding carboxylic acids is 2. The van der Waals surface area contributed by atoms with Crippen molar-refractivity contribution < 1.29 is 28.5 Å². The number of urea groups is 1. The fraction of sp³-hybridized carbons (Fsp3) is 0.344. The molecule has 1 fully saturated rings. The number of ether oxygens (including phenoxy) is 4. The Morgan fingerprint density at radius 1 is 0.977 bits per heavy atom. The molecule has 43 heavy (non-hydrogen) atoms. The number of amides is 3. The van der Waals surface area contributed by atoms with Gasteiger partial charge in [-0.2, -0.15) is 0 Å². The van der Waals surface area contributed by atoms with Crippen LogP contribution >= 0.6 is 0 Å². The number of hydrogen-bond acceptors (Lipinski definition) is 7. The molecule has 1 aliphatic heterocycles. The van der Waals surface area contributed by atoms with Gasteiger partial charge in [0, 0.05) is 74.9 Å². The number of hydrogen-bond donors (Lipinski definition) is 2. The lowest BCUT2D eigenvalue weighted by molar-refractivity contribution is 0.0564. The van der Waals surface area contributed by atoms with Crippen LogP contribution in [0.1, 0.15) is 10.4 Å². The number of para-hydroxylation sites is 1. The lowest BCUT2D eigenvalue weighted by Crippen LogP contribution is -2.43. The number of nitrogens with one attached hydrogen (secondary N) is 2. The average molecular weight is 588 g/mol. The first-order chi connectivity index (χ1) is 21.0. The van der Waals surface area contributed by atoms with Crippen LogP contribution in [-0.2, 0) is 14.2 Å². The number of pyridine rings is 1. The van der Waals surface area contributed by atoms with Gasteiger partial charge in [0.15, 0.2) is 0 Å². The Hall–Kier alpha value is -4.45. The van der Waals surface area contributed by atoms with Crippen LogP contribution in [-0.4, -0.2) is 106 Å². The van der Waals surface area contributed by atoms with Crippen LogP contribution < -0.4 is 10.1 Å².